The number of rotatable bonds is 1. The summed E-state index contributed by atoms with van der Waals surface area (Å²) in [7, 11) is 0. The molecule has 0 saturated carbocycles. The van der Waals surface area contributed by atoms with Gasteiger partial charge in [-0.05, 0) is 29.4 Å². The van der Waals surface area contributed by atoms with Crippen LogP contribution < -0.4 is 0 Å². The molecule has 0 spiro atoms. The largest absolute Gasteiger partial charge is 0.279 e. The van der Waals surface area contributed by atoms with Crippen molar-refractivity contribution in [1.82, 2.24) is 0 Å². The molecule has 1 aromatic carbocycles. The van der Waals surface area contributed by atoms with Gasteiger partial charge < -0.3 is 0 Å². The van der Waals surface area contributed by atoms with E-state index in [0.717, 1.165) is 0 Å². The Balaban J connectivity index is 2.98. The predicted molar refractivity (Wildman–Crippen MR) is 44.1 cm³/mol. The SMILES string of the molecule is N=C(N=O)c1ccc(Cl)cc1. The van der Waals surface area contributed by atoms with Crippen LogP contribution in [0.3, 0.4) is 0 Å². The highest BCUT2D eigenvalue weighted by Gasteiger charge is 1.98. The zero-order chi connectivity index (χ0) is 8.27. The summed E-state index contributed by atoms with van der Waals surface area (Å²) in [5.41, 5.74) is 0.476. The second-order valence-corrected chi connectivity index (χ2v) is 2.38. The quantitative estimate of drug-likeness (QED) is 0.391. The minimum Gasteiger partial charge on any atom is -0.279 e. The highest BCUT2D eigenvalue weighted by molar-refractivity contribution is 6.30. The lowest BCUT2D eigenvalue weighted by Crippen LogP contribution is -1.91. The summed E-state index contributed by atoms with van der Waals surface area (Å²) >= 11 is 5.58. The van der Waals surface area contributed by atoms with Crippen LogP contribution in [0.15, 0.2) is 29.4 Å². The summed E-state index contributed by atoms with van der Waals surface area (Å²) in [5, 5.41) is 10.1. The molecular formula is C7H5ClN2O. The molecule has 0 radical (unpaired) electrons. The third kappa shape index (κ3) is 1.85. The van der Waals surface area contributed by atoms with Crippen molar-refractivity contribution < 1.29 is 0 Å². The molecule has 1 N–H and O–H groups in total. The molecule has 0 heterocycles. The molecule has 4 heteroatoms. The van der Waals surface area contributed by atoms with Crippen LogP contribution in [0.2, 0.25) is 5.02 Å². The minimum atomic E-state index is -0.276. The van der Waals surface area contributed by atoms with Gasteiger partial charge in [-0.3, -0.25) is 5.41 Å². The molecule has 0 aliphatic heterocycles. The van der Waals surface area contributed by atoms with Crippen molar-refractivity contribution in [2.45, 2.75) is 0 Å². The van der Waals surface area contributed by atoms with Gasteiger partial charge in [0.25, 0.3) is 0 Å². The normalized spacial score (nSPS) is 9.18. The molecule has 0 aliphatic carbocycles. The number of amidine groups is 1. The number of halogens is 1. The van der Waals surface area contributed by atoms with Gasteiger partial charge in [0.2, 0.25) is 0 Å². The third-order valence-electron chi connectivity index (χ3n) is 1.21. The Bertz CT molecular complexity index is 281. The average Bonchev–Trinajstić information content (AvgIpc) is 2.05. The van der Waals surface area contributed by atoms with Gasteiger partial charge in [-0.25, -0.2) is 0 Å². The van der Waals surface area contributed by atoms with Gasteiger partial charge in [0.1, 0.15) is 0 Å². The monoisotopic (exact) mass is 168 g/mol. The standard InChI is InChI=1S/C7H5ClN2O/c8-6-3-1-5(2-4-6)7(9)10-11/h1-4,9H. The van der Waals surface area contributed by atoms with Crippen molar-refractivity contribution in [3.8, 4) is 0 Å². The average molecular weight is 169 g/mol. The van der Waals surface area contributed by atoms with E-state index in [1.165, 1.54) is 0 Å². The van der Waals surface area contributed by atoms with Crippen molar-refractivity contribution in [3.05, 3.63) is 39.8 Å². The Morgan fingerprint density at radius 3 is 2.36 bits per heavy atom. The number of nitroso groups, excluding NO2 is 1. The fourth-order valence-electron chi connectivity index (χ4n) is 0.660. The smallest absolute Gasteiger partial charge is 0.196 e. The Hall–Kier alpha value is -1.22. The van der Waals surface area contributed by atoms with E-state index in [-0.39, 0.29) is 5.84 Å². The van der Waals surface area contributed by atoms with Crippen LogP contribution in [0.5, 0.6) is 0 Å². The molecule has 0 bridgehead atoms. The predicted octanol–water partition coefficient (Wildman–Crippen LogP) is 2.43. The van der Waals surface area contributed by atoms with Gasteiger partial charge in [-0.2, -0.15) is 0 Å². The van der Waals surface area contributed by atoms with Crippen LogP contribution in [-0.4, -0.2) is 5.84 Å². The maximum atomic E-state index is 9.88. The van der Waals surface area contributed by atoms with Crippen LogP contribution in [0.4, 0.5) is 0 Å². The second-order valence-electron chi connectivity index (χ2n) is 1.95. The van der Waals surface area contributed by atoms with E-state index in [1.54, 1.807) is 24.3 Å². The van der Waals surface area contributed by atoms with Crippen LogP contribution in [0.25, 0.3) is 0 Å². The Morgan fingerprint density at radius 1 is 1.36 bits per heavy atom. The first-order chi connectivity index (χ1) is 5.24. The first kappa shape index (κ1) is 7.88. The Kier molecular flexibility index (Phi) is 2.33. The van der Waals surface area contributed by atoms with Gasteiger partial charge in [-0.1, -0.05) is 11.6 Å². The summed E-state index contributed by atoms with van der Waals surface area (Å²) in [5.74, 6) is -0.276. The molecule has 1 aromatic rings. The summed E-state index contributed by atoms with van der Waals surface area (Å²) in [6.45, 7) is 0. The Labute approximate surface area is 68.5 Å². The molecule has 11 heavy (non-hydrogen) atoms. The van der Waals surface area contributed by atoms with Gasteiger partial charge in [0.15, 0.2) is 5.84 Å². The van der Waals surface area contributed by atoms with Crippen molar-refractivity contribution in [3.63, 3.8) is 0 Å². The van der Waals surface area contributed by atoms with Gasteiger partial charge in [0.05, 0.1) is 0 Å². The molecule has 0 aliphatic rings. The third-order valence-corrected chi connectivity index (χ3v) is 1.46. The number of nitrogens with zero attached hydrogens (tertiary/aromatic N) is 1. The van der Waals surface area contributed by atoms with Crippen LogP contribution in [-0.2, 0) is 0 Å². The first-order valence-electron chi connectivity index (χ1n) is 2.92. The molecule has 0 fully saturated rings. The highest BCUT2D eigenvalue weighted by Crippen LogP contribution is 2.09. The molecule has 3 nitrogen and oxygen atoms in total. The van der Waals surface area contributed by atoms with E-state index in [1.807, 2.05) is 0 Å². The molecular weight excluding hydrogens is 164 g/mol. The lowest BCUT2D eigenvalue weighted by atomic mass is 10.2. The number of hydrogen-bond acceptors (Lipinski definition) is 2. The van der Waals surface area contributed by atoms with Crippen molar-refractivity contribution in [1.29, 1.82) is 5.41 Å². The summed E-state index contributed by atoms with van der Waals surface area (Å²) < 4.78 is 0. The summed E-state index contributed by atoms with van der Waals surface area (Å²) in [6, 6.07) is 6.37. The van der Waals surface area contributed by atoms with Crippen LogP contribution >= 0.6 is 11.6 Å². The zero-order valence-electron chi connectivity index (χ0n) is 5.54. The topological polar surface area (TPSA) is 53.3 Å². The van der Waals surface area contributed by atoms with E-state index >= 15 is 0 Å². The molecule has 0 unspecified atom stereocenters. The van der Waals surface area contributed by atoms with Gasteiger partial charge in [0, 0.05) is 10.6 Å². The Morgan fingerprint density at radius 2 is 1.91 bits per heavy atom. The molecule has 1 rings (SSSR count). The van der Waals surface area contributed by atoms with E-state index in [0.29, 0.717) is 10.6 Å². The minimum absolute atomic E-state index is 0.276. The van der Waals surface area contributed by atoms with Gasteiger partial charge in [-0.15, -0.1) is 4.91 Å². The highest BCUT2D eigenvalue weighted by atomic mass is 35.5. The van der Waals surface area contributed by atoms with Crippen molar-refractivity contribution >= 4 is 17.4 Å². The number of benzene rings is 1. The zero-order valence-corrected chi connectivity index (χ0v) is 6.30. The van der Waals surface area contributed by atoms with E-state index < -0.39 is 0 Å². The molecule has 0 saturated heterocycles. The molecule has 0 aromatic heterocycles. The fourth-order valence-corrected chi connectivity index (χ4v) is 0.786. The lowest BCUT2D eigenvalue weighted by molar-refractivity contribution is 1.41. The maximum Gasteiger partial charge on any atom is 0.196 e. The van der Waals surface area contributed by atoms with Gasteiger partial charge >= 0.3 is 0 Å². The maximum absolute atomic E-state index is 9.88. The fraction of sp³-hybridized carbons (Fsp3) is 0. The van der Waals surface area contributed by atoms with E-state index in [2.05, 4.69) is 5.18 Å². The first-order valence-corrected chi connectivity index (χ1v) is 3.29. The second kappa shape index (κ2) is 3.25. The van der Waals surface area contributed by atoms with Crippen LogP contribution in [0.1, 0.15) is 5.56 Å². The molecule has 0 atom stereocenters. The van der Waals surface area contributed by atoms with Crippen molar-refractivity contribution in [2.75, 3.05) is 0 Å². The van der Waals surface area contributed by atoms with Crippen molar-refractivity contribution in [2.24, 2.45) is 5.18 Å². The number of nitrogens with one attached hydrogen (secondary N) is 1. The van der Waals surface area contributed by atoms with Crippen LogP contribution in [0, 0.1) is 10.3 Å². The molecule has 56 valence electrons. The summed E-state index contributed by atoms with van der Waals surface area (Å²) in [4.78, 5) is 9.88. The lowest BCUT2D eigenvalue weighted by Gasteiger charge is -1.93. The molecule has 0 amide bonds. The van der Waals surface area contributed by atoms with E-state index in [4.69, 9.17) is 17.0 Å². The number of hydrogen-bond donors (Lipinski definition) is 1. The summed E-state index contributed by atoms with van der Waals surface area (Å²) in [6.07, 6.45) is 0. The van der Waals surface area contributed by atoms with E-state index in [9.17, 15) is 4.91 Å².